The van der Waals surface area contributed by atoms with E-state index in [1.54, 1.807) is 0 Å². The van der Waals surface area contributed by atoms with Gasteiger partial charge in [-0.3, -0.25) is 0 Å². The van der Waals surface area contributed by atoms with E-state index in [0.717, 1.165) is 29.0 Å². The Labute approximate surface area is 132 Å². The number of fused-ring (bicyclic) bond motifs is 3. The maximum atomic E-state index is 10.2. The molecule has 0 saturated carbocycles. The molecule has 2 aromatic heterocycles. The molecule has 0 spiro atoms. The molecule has 0 amide bonds. The van der Waals surface area contributed by atoms with Crippen LogP contribution in [0.3, 0.4) is 0 Å². The second-order valence-electron chi connectivity index (χ2n) is 5.29. The lowest BCUT2D eigenvalue weighted by Gasteiger charge is -2.19. The van der Waals surface area contributed by atoms with Gasteiger partial charge >= 0.3 is 0 Å². The van der Waals surface area contributed by atoms with Crippen LogP contribution >= 0.6 is 11.3 Å². The molecule has 110 valence electrons. The van der Waals surface area contributed by atoms with Gasteiger partial charge in [-0.2, -0.15) is 0 Å². The lowest BCUT2D eigenvalue weighted by Crippen LogP contribution is -2.13. The smallest absolute Gasteiger partial charge is 0.225 e. The number of benzene rings is 1. The number of aliphatic hydroxyl groups is 1. The van der Waals surface area contributed by atoms with Crippen LogP contribution in [0, 0.1) is 0 Å². The number of rotatable bonds is 3. The van der Waals surface area contributed by atoms with Gasteiger partial charge in [-0.25, -0.2) is 9.97 Å². The number of aryl methyl sites for hydroxylation is 2. The van der Waals surface area contributed by atoms with Crippen LogP contribution < -0.4 is 5.32 Å². The van der Waals surface area contributed by atoms with Crippen molar-refractivity contribution in [1.29, 1.82) is 0 Å². The first kappa shape index (κ1) is 13.4. The van der Waals surface area contributed by atoms with Gasteiger partial charge in [0.2, 0.25) is 5.95 Å². The quantitative estimate of drug-likeness (QED) is 0.728. The van der Waals surface area contributed by atoms with Crippen molar-refractivity contribution < 1.29 is 5.11 Å². The Hall–Kier alpha value is -2.24. The van der Waals surface area contributed by atoms with Crippen molar-refractivity contribution in [2.45, 2.75) is 19.1 Å². The molecule has 1 atom stereocenters. The van der Waals surface area contributed by atoms with Gasteiger partial charge in [0.25, 0.3) is 0 Å². The molecule has 0 saturated heterocycles. The summed E-state index contributed by atoms with van der Waals surface area (Å²) in [6.45, 7) is 0. The molecular formula is C17H15N3OS. The molecule has 1 aliphatic carbocycles. The number of nitrogens with zero attached hydrogens (tertiary/aromatic N) is 2. The van der Waals surface area contributed by atoms with Crippen LogP contribution in [0.4, 0.5) is 5.95 Å². The van der Waals surface area contributed by atoms with Gasteiger partial charge in [-0.15, -0.1) is 11.3 Å². The summed E-state index contributed by atoms with van der Waals surface area (Å²) in [5.74, 6) is 0.455. The van der Waals surface area contributed by atoms with Crippen LogP contribution in [0.25, 0.3) is 11.3 Å². The van der Waals surface area contributed by atoms with Crippen molar-refractivity contribution >= 4 is 17.3 Å². The Bertz CT molecular complexity index is 801. The molecule has 1 aliphatic rings. The molecular weight excluding hydrogens is 294 g/mol. The van der Waals surface area contributed by atoms with Crippen LogP contribution in [0.15, 0.2) is 48.0 Å². The highest BCUT2D eigenvalue weighted by molar-refractivity contribution is 7.10. The summed E-state index contributed by atoms with van der Waals surface area (Å²) in [6.07, 6.45) is 3.07. The standard InChI is InChI=1S/C17H15N3OS/c21-16(14-6-3-9-22-14)20-17-18-10-12-8-7-11-4-1-2-5-13(11)15(12)19-17/h1-6,9-10,16,21H,7-8H2,(H,18,19,20). The third-order valence-corrected chi connectivity index (χ3v) is 4.80. The third kappa shape index (κ3) is 2.38. The topological polar surface area (TPSA) is 58.0 Å². The average molecular weight is 309 g/mol. The molecule has 0 bridgehead atoms. The van der Waals surface area contributed by atoms with E-state index in [9.17, 15) is 5.11 Å². The molecule has 4 rings (SSSR count). The second-order valence-corrected chi connectivity index (χ2v) is 6.27. The van der Waals surface area contributed by atoms with Crippen molar-refractivity contribution in [3.05, 3.63) is 64.0 Å². The highest BCUT2D eigenvalue weighted by Crippen LogP contribution is 2.32. The lowest BCUT2D eigenvalue weighted by molar-refractivity contribution is 0.211. The van der Waals surface area contributed by atoms with E-state index in [2.05, 4.69) is 33.5 Å². The number of aliphatic hydroxyl groups excluding tert-OH is 1. The Kier molecular flexibility index (Phi) is 3.36. The minimum atomic E-state index is -0.781. The fraction of sp³-hybridized carbons (Fsp3) is 0.176. The highest BCUT2D eigenvalue weighted by atomic mass is 32.1. The number of nitrogens with one attached hydrogen (secondary N) is 1. The van der Waals surface area contributed by atoms with E-state index < -0.39 is 6.23 Å². The van der Waals surface area contributed by atoms with Gasteiger partial charge in [-0.05, 0) is 35.4 Å². The zero-order valence-corrected chi connectivity index (χ0v) is 12.7. The summed E-state index contributed by atoms with van der Waals surface area (Å²) in [7, 11) is 0. The summed E-state index contributed by atoms with van der Waals surface area (Å²) >= 11 is 1.50. The molecule has 3 aromatic rings. The van der Waals surface area contributed by atoms with Crippen molar-refractivity contribution in [2.24, 2.45) is 0 Å². The fourth-order valence-electron chi connectivity index (χ4n) is 2.77. The summed E-state index contributed by atoms with van der Waals surface area (Å²) < 4.78 is 0. The number of anilines is 1. The predicted molar refractivity (Wildman–Crippen MR) is 87.8 cm³/mol. The van der Waals surface area contributed by atoms with Crippen molar-refractivity contribution in [1.82, 2.24) is 9.97 Å². The van der Waals surface area contributed by atoms with Crippen LogP contribution in [0.5, 0.6) is 0 Å². The number of hydrogen-bond donors (Lipinski definition) is 2. The normalized spacial score (nSPS) is 14.0. The maximum absolute atomic E-state index is 10.2. The first-order valence-electron chi connectivity index (χ1n) is 7.23. The molecule has 22 heavy (non-hydrogen) atoms. The minimum Gasteiger partial charge on any atom is -0.369 e. The fourth-order valence-corrected chi connectivity index (χ4v) is 3.43. The number of hydrogen-bond acceptors (Lipinski definition) is 5. The molecule has 0 aliphatic heterocycles. The van der Waals surface area contributed by atoms with Gasteiger partial charge in [-0.1, -0.05) is 30.3 Å². The van der Waals surface area contributed by atoms with Crippen LogP contribution in [-0.2, 0) is 12.8 Å². The van der Waals surface area contributed by atoms with Crippen LogP contribution in [-0.4, -0.2) is 15.1 Å². The molecule has 0 fully saturated rings. The molecule has 0 radical (unpaired) electrons. The zero-order chi connectivity index (χ0) is 14.9. The van der Waals surface area contributed by atoms with Gasteiger partial charge in [0, 0.05) is 11.8 Å². The largest absolute Gasteiger partial charge is 0.369 e. The minimum absolute atomic E-state index is 0.455. The van der Waals surface area contributed by atoms with Gasteiger partial charge in [0.15, 0.2) is 6.23 Å². The van der Waals surface area contributed by atoms with E-state index in [4.69, 9.17) is 0 Å². The molecule has 1 unspecified atom stereocenters. The maximum Gasteiger partial charge on any atom is 0.225 e. The molecule has 5 heteroatoms. The van der Waals surface area contributed by atoms with E-state index in [1.165, 1.54) is 22.5 Å². The molecule has 4 nitrogen and oxygen atoms in total. The predicted octanol–water partition coefficient (Wildman–Crippen LogP) is 3.41. The number of aromatic nitrogens is 2. The van der Waals surface area contributed by atoms with E-state index in [0.29, 0.717) is 5.95 Å². The Morgan fingerprint density at radius 2 is 1.95 bits per heavy atom. The summed E-state index contributed by atoms with van der Waals surface area (Å²) in [6, 6.07) is 12.1. The third-order valence-electron chi connectivity index (χ3n) is 3.88. The second kappa shape index (κ2) is 5.51. The summed E-state index contributed by atoms with van der Waals surface area (Å²) in [5, 5.41) is 15.1. The monoisotopic (exact) mass is 309 g/mol. The Balaban J connectivity index is 1.67. The van der Waals surface area contributed by atoms with E-state index in [1.807, 2.05) is 29.8 Å². The van der Waals surface area contributed by atoms with Gasteiger partial charge in [0.05, 0.1) is 10.6 Å². The Morgan fingerprint density at radius 3 is 2.82 bits per heavy atom. The lowest BCUT2D eigenvalue weighted by atomic mass is 9.90. The van der Waals surface area contributed by atoms with Crippen LogP contribution in [0.2, 0.25) is 0 Å². The SMILES string of the molecule is OC(Nc1ncc2c(n1)-c1ccccc1CC2)c1cccs1. The summed E-state index contributed by atoms with van der Waals surface area (Å²) in [4.78, 5) is 9.81. The Morgan fingerprint density at radius 1 is 1.09 bits per heavy atom. The van der Waals surface area contributed by atoms with Gasteiger partial charge < -0.3 is 10.4 Å². The zero-order valence-electron chi connectivity index (χ0n) is 11.9. The molecule has 2 N–H and O–H groups in total. The van der Waals surface area contributed by atoms with Crippen molar-refractivity contribution in [3.8, 4) is 11.3 Å². The highest BCUT2D eigenvalue weighted by Gasteiger charge is 2.19. The van der Waals surface area contributed by atoms with E-state index in [-0.39, 0.29) is 0 Å². The summed E-state index contributed by atoms with van der Waals surface area (Å²) in [5.41, 5.74) is 4.62. The average Bonchev–Trinajstić information content (AvgIpc) is 3.09. The number of thiophene rings is 1. The molecule has 1 aromatic carbocycles. The van der Waals surface area contributed by atoms with E-state index >= 15 is 0 Å². The van der Waals surface area contributed by atoms with Crippen molar-refractivity contribution in [2.75, 3.05) is 5.32 Å². The first-order valence-corrected chi connectivity index (χ1v) is 8.11. The van der Waals surface area contributed by atoms with Gasteiger partial charge in [0.1, 0.15) is 0 Å². The molecule has 2 heterocycles. The van der Waals surface area contributed by atoms with Crippen molar-refractivity contribution in [3.63, 3.8) is 0 Å². The first-order chi connectivity index (χ1) is 10.8. The van der Waals surface area contributed by atoms with Crippen LogP contribution in [0.1, 0.15) is 22.2 Å².